The topological polar surface area (TPSA) is 73.9 Å². The first kappa shape index (κ1) is 13.9. The monoisotopic (exact) mass is 299 g/mol. The van der Waals surface area contributed by atoms with E-state index in [4.69, 9.17) is 9.47 Å². The lowest BCUT2D eigenvalue weighted by molar-refractivity contribution is 0.0600. The van der Waals surface area contributed by atoms with E-state index in [0.29, 0.717) is 28.3 Å². The Bertz CT molecular complexity index is 724. The second kappa shape index (κ2) is 5.77. The summed E-state index contributed by atoms with van der Waals surface area (Å²) in [6.45, 7) is 0.105. The number of carbonyl (C=O) groups excluding carboxylic acids is 2. The maximum Gasteiger partial charge on any atom is 0.337 e. The van der Waals surface area contributed by atoms with Crippen molar-refractivity contribution < 1.29 is 23.8 Å². The van der Waals surface area contributed by atoms with E-state index in [2.05, 4.69) is 10.1 Å². The van der Waals surface area contributed by atoms with Gasteiger partial charge in [-0.05, 0) is 36.4 Å². The minimum atomic E-state index is -0.427. The van der Waals surface area contributed by atoms with Crippen LogP contribution in [-0.4, -0.2) is 25.8 Å². The minimum Gasteiger partial charge on any atom is -0.465 e. The lowest BCUT2D eigenvalue weighted by Gasteiger charge is -2.08. The molecule has 1 aliphatic rings. The van der Waals surface area contributed by atoms with Gasteiger partial charge >= 0.3 is 5.97 Å². The average Bonchev–Trinajstić information content (AvgIpc) is 3.03. The summed E-state index contributed by atoms with van der Waals surface area (Å²) in [7, 11) is 1.32. The number of rotatable bonds is 3. The van der Waals surface area contributed by atoms with Crippen LogP contribution in [-0.2, 0) is 4.74 Å². The molecule has 0 bridgehead atoms. The van der Waals surface area contributed by atoms with Crippen molar-refractivity contribution in [3.8, 4) is 11.5 Å². The van der Waals surface area contributed by atoms with Gasteiger partial charge in [0.15, 0.2) is 11.5 Å². The van der Waals surface area contributed by atoms with Crippen molar-refractivity contribution >= 4 is 17.6 Å². The highest BCUT2D eigenvalue weighted by atomic mass is 16.7. The summed E-state index contributed by atoms with van der Waals surface area (Å²) >= 11 is 0. The van der Waals surface area contributed by atoms with Crippen LogP contribution in [0.25, 0.3) is 0 Å². The van der Waals surface area contributed by atoms with Gasteiger partial charge in [0.05, 0.1) is 18.2 Å². The maximum atomic E-state index is 12.3. The zero-order chi connectivity index (χ0) is 15.5. The minimum absolute atomic E-state index is 0.105. The highest BCUT2D eigenvalue weighted by Crippen LogP contribution is 2.35. The molecule has 0 atom stereocenters. The fraction of sp³-hybridized carbons (Fsp3) is 0.125. The quantitative estimate of drug-likeness (QED) is 0.881. The predicted octanol–water partition coefficient (Wildman–Crippen LogP) is 2.45. The van der Waals surface area contributed by atoms with Crippen LogP contribution < -0.4 is 14.8 Å². The summed E-state index contributed by atoms with van der Waals surface area (Å²) in [4.78, 5) is 23.7. The van der Waals surface area contributed by atoms with Gasteiger partial charge in [0.2, 0.25) is 6.79 Å². The van der Waals surface area contributed by atoms with E-state index in [1.165, 1.54) is 7.11 Å². The molecule has 0 fully saturated rings. The molecule has 0 unspecified atom stereocenters. The van der Waals surface area contributed by atoms with E-state index in [9.17, 15) is 9.59 Å². The Morgan fingerprint density at radius 2 is 1.86 bits per heavy atom. The number of anilines is 1. The number of hydrogen-bond donors (Lipinski definition) is 1. The van der Waals surface area contributed by atoms with E-state index >= 15 is 0 Å². The Hall–Kier alpha value is -3.02. The van der Waals surface area contributed by atoms with Crippen LogP contribution in [0, 0.1) is 0 Å². The van der Waals surface area contributed by atoms with Crippen LogP contribution in [0.4, 0.5) is 5.69 Å². The Morgan fingerprint density at radius 1 is 1.09 bits per heavy atom. The fourth-order valence-electron chi connectivity index (χ4n) is 2.11. The Labute approximate surface area is 126 Å². The summed E-state index contributed by atoms with van der Waals surface area (Å²) < 4.78 is 15.2. The number of amides is 1. The molecule has 112 valence electrons. The van der Waals surface area contributed by atoms with Crippen molar-refractivity contribution in [3.05, 3.63) is 53.6 Å². The average molecular weight is 299 g/mol. The SMILES string of the molecule is COC(=O)c1ccc(NC(=O)c2cccc3c2OCO3)cc1. The summed E-state index contributed by atoms with van der Waals surface area (Å²) in [5, 5.41) is 2.75. The molecule has 1 amide bonds. The molecular weight excluding hydrogens is 286 g/mol. The van der Waals surface area contributed by atoms with Gasteiger partial charge in [0.1, 0.15) is 0 Å². The lowest BCUT2D eigenvalue weighted by atomic mass is 10.1. The number of ether oxygens (including phenoxy) is 3. The van der Waals surface area contributed by atoms with Gasteiger partial charge in [-0.15, -0.1) is 0 Å². The van der Waals surface area contributed by atoms with Crippen LogP contribution in [0.3, 0.4) is 0 Å². The molecule has 0 saturated heterocycles. The summed E-state index contributed by atoms with van der Waals surface area (Å²) in [5.74, 6) is 0.248. The molecule has 3 rings (SSSR count). The normalized spacial score (nSPS) is 11.9. The van der Waals surface area contributed by atoms with Crippen molar-refractivity contribution in [2.45, 2.75) is 0 Å². The third-order valence-corrected chi connectivity index (χ3v) is 3.21. The summed E-state index contributed by atoms with van der Waals surface area (Å²) in [5.41, 5.74) is 1.37. The third-order valence-electron chi connectivity index (χ3n) is 3.21. The molecule has 1 N–H and O–H groups in total. The van der Waals surface area contributed by atoms with Crippen molar-refractivity contribution in [1.82, 2.24) is 0 Å². The van der Waals surface area contributed by atoms with Gasteiger partial charge in [-0.25, -0.2) is 4.79 Å². The number of nitrogens with one attached hydrogen (secondary N) is 1. The zero-order valence-electron chi connectivity index (χ0n) is 11.8. The molecule has 0 radical (unpaired) electrons. The van der Waals surface area contributed by atoms with E-state index in [0.717, 1.165) is 0 Å². The number of para-hydroxylation sites is 1. The second-order valence-corrected chi connectivity index (χ2v) is 4.56. The lowest BCUT2D eigenvalue weighted by Crippen LogP contribution is -2.13. The molecule has 22 heavy (non-hydrogen) atoms. The standard InChI is InChI=1S/C16H13NO5/c1-20-16(19)10-5-7-11(8-6-10)17-15(18)12-3-2-4-13-14(12)22-9-21-13/h2-8H,9H2,1H3,(H,17,18). The number of hydrogen-bond acceptors (Lipinski definition) is 5. The van der Waals surface area contributed by atoms with E-state index < -0.39 is 5.97 Å². The molecule has 0 spiro atoms. The molecule has 1 heterocycles. The summed E-state index contributed by atoms with van der Waals surface area (Å²) in [6.07, 6.45) is 0. The number of fused-ring (bicyclic) bond motifs is 1. The Morgan fingerprint density at radius 3 is 2.59 bits per heavy atom. The van der Waals surface area contributed by atoms with Gasteiger partial charge in [0, 0.05) is 5.69 Å². The van der Waals surface area contributed by atoms with Crippen molar-refractivity contribution in [3.63, 3.8) is 0 Å². The molecule has 6 nitrogen and oxygen atoms in total. The van der Waals surface area contributed by atoms with Crippen molar-refractivity contribution in [1.29, 1.82) is 0 Å². The number of esters is 1. The molecule has 2 aromatic rings. The van der Waals surface area contributed by atoms with Crippen LogP contribution >= 0.6 is 0 Å². The zero-order valence-corrected chi connectivity index (χ0v) is 11.8. The Kier molecular flexibility index (Phi) is 3.65. The van der Waals surface area contributed by atoms with Crippen LogP contribution in [0.2, 0.25) is 0 Å². The van der Waals surface area contributed by atoms with E-state index in [-0.39, 0.29) is 12.7 Å². The second-order valence-electron chi connectivity index (χ2n) is 4.56. The molecule has 0 aliphatic carbocycles. The molecule has 0 saturated carbocycles. The van der Waals surface area contributed by atoms with E-state index in [1.54, 1.807) is 42.5 Å². The number of carbonyl (C=O) groups is 2. The molecule has 2 aromatic carbocycles. The Balaban J connectivity index is 1.77. The fourth-order valence-corrected chi connectivity index (χ4v) is 2.11. The molecule has 0 aromatic heterocycles. The van der Waals surface area contributed by atoms with Crippen molar-refractivity contribution in [2.75, 3.05) is 19.2 Å². The van der Waals surface area contributed by atoms with Gasteiger partial charge < -0.3 is 19.5 Å². The van der Waals surface area contributed by atoms with Gasteiger partial charge in [-0.3, -0.25) is 4.79 Å². The van der Waals surface area contributed by atoms with Crippen LogP contribution in [0.1, 0.15) is 20.7 Å². The molecular formula is C16H13NO5. The smallest absolute Gasteiger partial charge is 0.337 e. The number of methoxy groups -OCH3 is 1. The predicted molar refractivity (Wildman–Crippen MR) is 78.3 cm³/mol. The molecule has 1 aliphatic heterocycles. The first-order chi connectivity index (χ1) is 10.7. The third kappa shape index (κ3) is 2.58. The van der Waals surface area contributed by atoms with Crippen molar-refractivity contribution in [2.24, 2.45) is 0 Å². The largest absolute Gasteiger partial charge is 0.465 e. The highest BCUT2D eigenvalue weighted by molar-refractivity contribution is 6.07. The van der Waals surface area contributed by atoms with Gasteiger partial charge in [-0.2, -0.15) is 0 Å². The number of benzene rings is 2. The first-order valence-electron chi connectivity index (χ1n) is 6.57. The van der Waals surface area contributed by atoms with E-state index in [1.807, 2.05) is 0 Å². The van der Waals surface area contributed by atoms with Gasteiger partial charge in [-0.1, -0.05) is 6.07 Å². The van der Waals surface area contributed by atoms with Crippen LogP contribution in [0.5, 0.6) is 11.5 Å². The first-order valence-corrected chi connectivity index (χ1v) is 6.57. The molecule has 6 heteroatoms. The maximum absolute atomic E-state index is 12.3. The van der Waals surface area contributed by atoms with Crippen LogP contribution in [0.15, 0.2) is 42.5 Å². The highest BCUT2D eigenvalue weighted by Gasteiger charge is 2.21. The van der Waals surface area contributed by atoms with Gasteiger partial charge in [0.25, 0.3) is 5.91 Å². The summed E-state index contributed by atoms with van der Waals surface area (Å²) in [6, 6.07) is 11.5.